The van der Waals surface area contributed by atoms with Crippen molar-refractivity contribution in [1.82, 2.24) is 9.80 Å². The van der Waals surface area contributed by atoms with Crippen molar-refractivity contribution in [3.63, 3.8) is 0 Å². The number of carbonyl (C=O) groups is 2. The molecule has 0 fully saturated rings. The molecule has 55 heavy (non-hydrogen) atoms. The van der Waals surface area contributed by atoms with Crippen molar-refractivity contribution in [2.75, 3.05) is 58.4 Å². The molecule has 0 bridgehead atoms. The molecule has 1 unspecified atom stereocenters. The van der Waals surface area contributed by atoms with Gasteiger partial charge in [0.1, 0.15) is 6.10 Å². The van der Waals surface area contributed by atoms with E-state index in [0.717, 1.165) is 82.6 Å². The average molecular weight is 797 g/mol. The molecule has 0 saturated heterocycles. The lowest BCUT2D eigenvalue weighted by Crippen LogP contribution is -2.33. The van der Waals surface area contributed by atoms with Crippen LogP contribution in [0, 0.1) is 5.92 Å². The number of thioether (sulfide) groups is 1. The second-order valence-corrected chi connectivity index (χ2v) is 18.2. The Morgan fingerprint density at radius 3 is 1.51 bits per heavy atom. The van der Waals surface area contributed by atoms with Gasteiger partial charge in [0.05, 0.1) is 12.5 Å². The van der Waals surface area contributed by atoms with Crippen LogP contribution in [0.15, 0.2) is 0 Å². The highest BCUT2D eigenvalue weighted by Gasteiger charge is 2.16. The topological polar surface area (TPSA) is 59.1 Å². The Bertz CT molecular complexity index is 797. The van der Waals surface area contributed by atoms with Crippen LogP contribution in [0.1, 0.15) is 227 Å². The van der Waals surface area contributed by atoms with E-state index in [4.69, 9.17) is 9.47 Å². The van der Waals surface area contributed by atoms with Gasteiger partial charge in [0.25, 0.3) is 0 Å². The third-order valence-corrected chi connectivity index (χ3v) is 12.4. The number of esters is 2. The summed E-state index contributed by atoms with van der Waals surface area (Å²) in [6.45, 7) is 13.8. The van der Waals surface area contributed by atoms with Crippen molar-refractivity contribution in [2.24, 2.45) is 5.92 Å². The molecule has 0 saturated carbocycles. The van der Waals surface area contributed by atoms with Gasteiger partial charge in [0.15, 0.2) is 0 Å². The number of rotatable bonds is 44. The Morgan fingerprint density at radius 1 is 0.527 bits per heavy atom. The zero-order chi connectivity index (χ0) is 40.5. The summed E-state index contributed by atoms with van der Waals surface area (Å²) >= 11 is 1.91. The zero-order valence-corrected chi connectivity index (χ0v) is 38.8. The van der Waals surface area contributed by atoms with E-state index in [1.54, 1.807) is 0 Å². The van der Waals surface area contributed by atoms with Gasteiger partial charge >= 0.3 is 11.9 Å². The Hall–Kier alpha value is -0.790. The third-order valence-electron chi connectivity index (χ3n) is 11.1. The lowest BCUT2D eigenvalue weighted by molar-refractivity contribution is -0.150. The molecule has 6 nitrogen and oxygen atoms in total. The fourth-order valence-corrected chi connectivity index (χ4v) is 8.28. The first-order valence-corrected chi connectivity index (χ1v) is 25.3. The van der Waals surface area contributed by atoms with Crippen LogP contribution in [-0.4, -0.2) is 86.2 Å². The predicted octanol–water partition coefficient (Wildman–Crippen LogP) is 13.8. The fraction of sp³-hybridized carbons (Fsp3) is 0.958. The number of hydrogen-bond acceptors (Lipinski definition) is 7. The minimum atomic E-state index is -0.0240. The second kappa shape index (κ2) is 42.8. The van der Waals surface area contributed by atoms with Crippen molar-refractivity contribution in [3.8, 4) is 0 Å². The van der Waals surface area contributed by atoms with E-state index in [-0.39, 0.29) is 24.0 Å². The molecule has 0 aliphatic heterocycles. The summed E-state index contributed by atoms with van der Waals surface area (Å²) in [5, 5.41) is 0. The van der Waals surface area contributed by atoms with Crippen molar-refractivity contribution < 1.29 is 19.1 Å². The van der Waals surface area contributed by atoms with Crippen molar-refractivity contribution in [3.05, 3.63) is 0 Å². The Balaban J connectivity index is 4.16. The lowest BCUT2D eigenvalue weighted by Gasteiger charge is -2.24. The number of unbranched alkanes of at least 4 members (excludes halogenated alkanes) is 23. The fourth-order valence-electron chi connectivity index (χ4n) is 7.22. The van der Waals surface area contributed by atoms with Gasteiger partial charge in [0.2, 0.25) is 0 Å². The van der Waals surface area contributed by atoms with Crippen LogP contribution in [-0.2, 0) is 19.1 Å². The van der Waals surface area contributed by atoms with Crippen molar-refractivity contribution >= 4 is 23.7 Å². The number of hydrogen-bond donors (Lipinski definition) is 0. The SMILES string of the molecule is CCCCCCCCCCSCC(C)C(=O)OCCCCCN(CCCCCCCC(=O)OC(CCCCCCCC)CCCCCCCC)CCN(C)C. The Morgan fingerprint density at radius 2 is 0.982 bits per heavy atom. The van der Waals surface area contributed by atoms with E-state index < -0.39 is 0 Å². The monoisotopic (exact) mass is 797 g/mol. The molecule has 0 N–H and O–H groups in total. The molecule has 7 heteroatoms. The van der Waals surface area contributed by atoms with E-state index in [2.05, 4.69) is 44.7 Å². The maximum absolute atomic E-state index is 12.8. The van der Waals surface area contributed by atoms with Crippen LogP contribution in [0.2, 0.25) is 0 Å². The third kappa shape index (κ3) is 39.8. The largest absolute Gasteiger partial charge is 0.465 e. The molecular formula is C48H96N2O4S. The summed E-state index contributed by atoms with van der Waals surface area (Å²) in [6, 6.07) is 0. The minimum absolute atomic E-state index is 0.0128. The maximum Gasteiger partial charge on any atom is 0.309 e. The highest BCUT2D eigenvalue weighted by Crippen LogP contribution is 2.19. The van der Waals surface area contributed by atoms with Crippen LogP contribution in [0.4, 0.5) is 0 Å². The van der Waals surface area contributed by atoms with Crippen LogP contribution >= 0.6 is 11.8 Å². The zero-order valence-electron chi connectivity index (χ0n) is 38.0. The highest BCUT2D eigenvalue weighted by atomic mass is 32.2. The van der Waals surface area contributed by atoms with E-state index in [1.165, 1.54) is 148 Å². The van der Waals surface area contributed by atoms with E-state index in [0.29, 0.717) is 13.0 Å². The van der Waals surface area contributed by atoms with Crippen LogP contribution in [0.3, 0.4) is 0 Å². The second-order valence-electron chi connectivity index (χ2n) is 17.1. The van der Waals surface area contributed by atoms with E-state index in [9.17, 15) is 9.59 Å². The van der Waals surface area contributed by atoms with Crippen molar-refractivity contribution in [1.29, 1.82) is 0 Å². The molecule has 0 amide bonds. The van der Waals surface area contributed by atoms with Crippen molar-refractivity contribution in [2.45, 2.75) is 233 Å². The summed E-state index contributed by atoms with van der Waals surface area (Å²) in [5.41, 5.74) is 0. The Labute approximate surface area is 348 Å². The lowest BCUT2D eigenvalue weighted by atomic mass is 10.0. The van der Waals surface area contributed by atoms with Gasteiger partial charge in [0, 0.05) is 25.3 Å². The number of ether oxygens (including phenoxy) is 2. The quantitative estimate of drug-likeness (QED) is 0.0449. The molecule has 0 radical (unpaired) electrons. The van der Waals surface area contributed by atoms with E-state index in [1.807, 2.05) is 18.7 Å². The van der Waals surface area contributed by atoms with Crippen LogP contribution in [0.5, 0.6) is 0 Å². The molecule has 0 aliphatic carbocycles. The van der Waals surface area contributed by atoms with Gasteiger partial charge in [-0.1, -0.05) is 156 Å². The highest BCUT2D eigenvalue weighted by molar-refractivity contribution is 7.99. The molecule has 0 rings (SSSR count). The van der Waals surface area contributed by atoms with Gasteiger partial charge < -0.3 is 19.3 Å². The number of carbonyl (C=O) groups excluding carboxylic acids is 2. The summed E-state index contributed by atoms with van der Waals surface area (Å²) in [7, 11) is 4.30. The summed E-state index contributed by atoms with van der Waals surface area (Å²) < 4.78 is 11.7. The van der Waals surface area contributed by atoms with Gasteiger partial charge in [-0.3, -0.25) is 9.59 Å². The first-order valence-electron chi connectivity index (χ1n) is 24.1. The first kappa shape index (κ1) is 54.2. The number of likely N-dealkylation sites (N-methyl/N-ethyl adjacent to an activating group) is 1. The van der Waals surface area contributed by atoms with Gasteiger partial charge in [-0.25, -0.2) is 0 Å². The molecule has 0 spiro atoms. The van der Waals surface area contributed by atoms with Gasteiger partial charge in [-0.15, -0.1) is 0 Å². The molecule has 1 atom stereocenters. The Kier molecular flexibility index (Phi) is 42.2. The normalized spacial score (nSPS) is 12.3. The van der Waals surface area contributed by atoms with E-state index >= 15 is 0 Å². The smallest absolute Gasteiger partial charge is 0.309 e. The molecule has 0 heterocycles. The summed E-state index contributed by atoms with van der Waals surface area (Å²) in [5.74, 6) is 2.03. The minimum Gasteiger partial charge on any atom is -0.465 e. The molecule has 0 aromatic heterocycles. The molecule has 0 aliphatic rings. The predicted molar refractivity (Wildman–Crippen MR) is 242 cm³/mol. The molecule has 0 aromatic carbocycles. The van der Waals surface area contributed by atoms with Crippen LogP contribution in [0.25, 0.3) is 0 Å². The van der Waals surface area contributed by atoms with Gasteiger partial charge in [-0.2, -0.15) is 11.8 Å². The molecule has 328 valence electrons. The van der Waals surface area contributed by atoms with Crippen LogP contribution < -0.4 is 0 Å². The maximum atomic E-state index is 12.8. The summed E-state index contributed by atoms with van der Waals surface area (Å²) in [4.78, 5) is 30.1. The van der Waals surface area contributed by atoms with Gasteiger partial charge in [-0.05, 0) is 97.1 Å². The molecule has 0 aromatic rings. The number of nitrogens with zero attached hydrogens (tertiary/aromatic N) is 2. The average Bonchev–Trinajstić information content (AvgIpc) is 3.17. The standard InChI is InChI=1S/C48H96N2O4S/c1-7-10-13-16-19-20-26-34-43-55-44-45(4)48(52)53-42-33-27-32-39-50(41-40-49(5)6)38-31-25-21-24-30-37-47(51)54-46(35-28-22-17-14-11-8-2)36-29-23-18-15-12-9-3/h45-46H,7-44H2,1-6H3. The first-order chi connectivity index (χ1) is 26.8. The molecular weight excluding hydrogens is 701 g/mol. The summed E-state index contributed by atoms with van der Waals surface area (Å²) in [6.07, 6.45) is 37.9.